The number of morpholine rings is 1. The smallest absolute Gasteiger partial charge is 0.222 e. The number of piperazine rings is 1. The Bertz CT molecular complexity index is 782. The normalized spacial score (nSPS) is 20.3. The van der Waals surface area contributed by atoms with Crippen LogP contribution in [0, 0.1) is 0 Å². The number of nitrogens with zero attached hydrogens (tertiary/aromatic N) is 5. The molecule has 0 amide bonds. The fourth-order valence-corrected chi connectivity index (χ4v) is 3.91. The number of aromatic nitrogens is 2. The highest BCUT2D eigenvalue weighted by molar-refractivity contribution is 5.65. The zero-order valence-electron chi connectivity index (χ0n) is 16.8. The predicted octanol–water partition coefficient (Wildman–Crippen LogP) is 1.87. The van der Waals surface area contributed by atoms with Crippen LogP contribution in [0.4, 0.5) is 11.8 Å². The maximum Gasteiger partial charge on any atom is 0.222 e. The SMILES string of the molecule is CC(c1ccc(-c2cc(N3CCN(C)CC3)nc(N)n2)cc1)N1CCOCC1. The van der Waals surface area contributed by atoms with E-state index >= 15 is 0 Å². The van der Waals surface area contributed by atoms with Gasteiger partial charge in [-0.2, -0.15) is 4.98 Å². The first-order valence-electron chi connectivity index (χ1n) is 10.1. The number of likely N-dealkylation sites (N-methyl/N-ethyl adjacent to an activating group) is 1. The molecule has 1 aromatic heterocycles. The Labute approximate surface area is 167 Å². The summed E-state index contributed by atoms with van der Waals surface area (Å²) >= 11 is 0. The van der Waals surface area contributed by atoms with E-state index < -0.39 is 0 Å². The molecule has 2 aromatic rings. The summed E-state index contributed by atoms with van der Waals surface area (Å²) < 4.78 is 5.47. The lowest BCUT2D eigenvalue weighted by Gasteiger charge is -2.33. The number of anilines is 2. The van der Waals surface area contributed by atoms with Gasteiger partial charge in [0, 0.05) is 56.9 Å². The van der Waals surface area contributed by atoms with E-state index in [2.05, 4.69) is 69.0 Å². The van der Waals surface area contributed by atoms with Crippen molar-refractivity contribution in [2.24, 2.45) is 0 Å². The first-order valence-corrected chi connectivity index (χ1v) is 10.1. The summed E-state index contributed by atoms with van der Waals surface area (Å²) in [6.45, 7) is 9.86. The van der Waals surface area contributed by atoms with Crippen molar-refractivity contribution in [3.63, 3.8) is 0 Å². The lowest BCUT2D eigenvalue weighted by atomic mass is 10.0. The fourth-order valence-electron chi connectivity index (χ4n) is 3.91. The van der Waals surface area contributed by atoms with Gasteiger partial charge < -0.3 is 20.3 Å². The van der Waals surface area contributed by atoms with Crippen molar-refractivity contribution in [3.8, 4) is 11.3 Å². The number of ether oxygens (including phenoxy) is 1. The van der Waals surface area contributed by atoms with Gasteiger partial charge >= 0.3 is 0 Å². The van der Waals surface area contributed by atoms with Crippen LogP contribution in [-0.2, 0) is 4.74 Å². The zero-order chi connectivity index (χ0) is 19.5. The van der Waals surface area contributed by atoms with E-state index in [0.717, 1.165) is 69.6 Å². The summed E-state index contributed by atoms with van der Waals surface area (Å²) in [5.41, 5.74) is 9.29. The number of nitrogen functional groups attached to an aromatic ring is 1. The number of benzene rings is 1. The van der Waals surface area contributed by atoms with Gasteiger partial charge in [-0.3, -0.25) is 4.90 Å². The quantitative estimate of drug-likeness (QED) is 0.865. The molecular formula is C21H30N6O. The molecule has 2 saturated heterocycles. The molecule has 1 aromatic carbocycles. The van der Waals surface area contributed by atoms with Gasteiger partial charge in [0.1, 0.15) is 5.82 Å². The second-order valence-electron chi connectivity index (χ2n) is 7.71. The van der Waals surface area contributed by atoms with Gasteiger partial charge in [0.2, 0.25) is 5.95 Å². The van der Waals surface area contributed by atoms with Crippen LogP contribution < -0.4 is 10.6 Å². The molecule has 4 rings (SSSR count). The third-order valence-electron chi connectivity index (χ3n) is 5.84. The Balaban J connectivity index is 1.52. The van der Waals surface area contributed by atoms with Crippen LogP contribution in [0.2, 0.25) is 0 Å². The minimum atomic E-state index is 0.331. The molecule has 28 heavy (non-hydrogen) atoms. The number of rotatable bonds is 4. The Morgan fingerprint density at radius 2 is 1.64 bits per heavy atom. The van der Waals surface area contributed by atoms with Crippen LogP contribution in [0.3, 0.4) is 0 Å². The van der Waals surface area contributed by atoms with E-state index in [1.807, 2.05) is 0 Å². The van der Waals surface area contributed by atoms with Crippen molar-refractivity contribution >= 4 is 11.8 Å². The highest BCUT2D eigenvalue weighted by Gasteiger charge is 2.19. The van der Waals surface area contributed by atoms with Crippen LogP contribution in [0.5, 0.6) is 0 Å². The molecule has 7 nitrogen and oxygen atoms in total. The van der Waals surface area contributed by atoms with Crippen molar-refractivity contribution < 1.29 is 4.74 Å². The summed E-state index contributed by atoms with van der Waals surface area (Å²) in [4.78, 5) is 16.0. The molecule has 2 aliphatic rings. The monoisotopic (exact) mass is 382 g/mol. The lowest BCUT2D eigenvalue weighted by Crippen LogP contribution is -2.44. The van der Waals surface area contributed by atoms with Crippen molar-refractivity contribution in [1.82, 2.24) is 19.8 Å². The molecule has 0 radical (unpaired) electrons. The maximum atomic E-state index is 6.03. The molecule has 0 aliphatic carbocycles. The van der Waals surface area contributed by atoms with Crippen molar-refractivity contribution in [1.29, 1.82) is 0 Å². The number of hydrogen-bond donors (Lipinski definition) is 1. The number of nitrogens with two attached hydrogens (primary N) is 1. The van der Waals surface area contributed by atoms with E-state index in [1.54, 1.807) is 0 Å². The summed E-state index contributed by atoms with van der Waals surface area (Å²) in [5.74, 6) is 1.25. The van der Waals surface area contributed by atoms with Gasteiger partial charge in [-0.05, 0) is 19.5 Å². The van der Waals surface area contributed by atoms with E-state index in [1.165, 1.54) is 5.56 Å². The molecule has 3 heterocycles. The van der Waals surface area contributed by atoms with Gasteiger partial charge in [0.05, 0.1) is 18.9 Å². The van der Waals surface area contributed by atoms with Gasteiger partial charge in [0.25, 0.3) is 0 Å². The van der Waals surface area contributed by atoms with Gasteiger partial charge in [0.15, 0.2) is 0 Å². The van der Waals surface area contributed by atoms with Crippen molar-refractivity contribution in [3.05, 3.63) is 35.9 Å². The first kappa shape index (κ1) is 19.1. The summed E-state index contributed by atoms with van der Waals surface area (Å²) in [6.07, 6.45) is 0. The Morgan fingerprint density at radius 3 is 2.32 bits per heavy atom. The summed E-state index contributed by atoms with van der Waals surface area (Å²) in [7, 11) is 2.15. The molecular weight excluding hydrogens is 352 g/mol. The van der Waals surface area contributed by atoms with Gasteiger partial charge in [-0.1, -0.05) is 24.3 Å². The van der Waals surface area contributed by atoms with E-state index in [4.69, 9.17) is 10.5 Å². The molecule has 1 atom stereocenters. The van der Waals surface area contributed by atoms with E-state index in [9.17, 15) is 0 Å². The Morgan fingerprint density at radius 1 is 0.964 bits per heavy atom. The second-order valence-corrected chi connectivity index (χ2v) is 7.71. The topological polar surface area (TPSA) is 70.8 Å². The highest BCUT2D eigenvalue weighted by Crippen LogP contribution is 2.27. The van der Waals surface area contributed by atoms with Crippen molar-refractivity contribution in [2.75, 3.05) is 70.2 Å². The lowest BCUT2D eigenvalue weighted by molar-refractivity contribution is 0.0198. The van der Waals surface area contributed by atoms with Crippen molar-refractivity contribution in [2.45, 2.75) is 13.0 Å². The molecule has 150 valence electrons. The molecule has 1 unspecified atom stereocenters. The molecule has 2 fully saturated rings. The van der Waals surface area contributed by atoms with Crippen LogP contribution in [0.15, 0.2) is 30.3 Å². The molecule has 0 saturated carbocycles. The Kier molecular flexibility index (Phi) is 5.75. The average molecular weight is 383 g/mol. The second kappa shape index (κ2) is 8.43. The average Bonchev–Trinajstić information content (AvgIpc) is 2.74. The maximum absolute atomic E-state index is 6.03. The zero-order valence-corrected chi connectivity index (χ0v) is 16.8. The fraction of sp³-hybridized carbons (Fsp3) is 0.524. The third kappa shape index (κ3) is 4.27. The molecule has 0 bridgehead atoms. The molecule has 2 aliphatic heterocycles. The van der Waals surface area contributed by atoms with E-state index in [-0.39, 0.29) is 0 Å². The van der Waals surface area contributed by atoms with Crippen LogP contribution in [-0.4, -0.2) is 79.3 Å². The largest absolute Gasteiger partial charge is 0.379 e. The molecule has 2 N–H and O–H groups in total. The number of hydrogen-bond acceptors (Lipinski definition) is 7. The predicted molar refractivity (Wildman–Crippen MR) is 112 cm³/mol. The standard InChI is InChI=1S/C21H30N6O/c1-16(26-11-13-28-14-12-26)17-3-5-18(6-4-17)19-15-20(24-21(22)23-19)27-9-7-25(2)8-10-27/h3-6,15-16H,7-14H2,1-2H3,(H2,22,23,24). The first-order chi connectivity index (χ1) is 13.6. The van der Waals surface area contributed by atoms with Crippen LogP contribution >= 0.6 is 0 Å². The third-order valence-corrected chi connectivity index (χ3v) is 5.84. The molecule has 7 heteroatoms. The minimum Gasteiger partial charge on any atom is -0.379 e. The summed E-state index contributed by atoms with van der Waals surface area (Å²) in [5, 5.41) is 0. The minimum absolute atomic E-state index is 0.331. The van der Waals surface area contributed by atoms with E-state index in [0.29, 0.717) is 12.0 Å². The summed E-state index contributed by atoms with van der Waals surface area (Å²) in [6, 6.07) is 11.1. The molecule has 0 spiro atoms. The van der Waals surface area contributed by atoms with Gasteiger partial charge in [-0.25, -0.2) is 4.98 Å². The van der Waals surface area contributed by atoms with Gasteiger partial charge in [-0.15, -0.1) is 0 Å². The highest BCUT2D eigenvalue weighted by atomic mass is 16.5. The van der Waals surface area contributed by atoms with Crippen LogP contribution in [0.25, 0.3) is 11.3 Å². The van der Waals surface area contributed by atoms with Crippen LogP contribution in [0.1, 0.15) is 18.5 Å². The Hall–Kier alpha value is -2.22.